The second-order valence-electron chi connectivity index (χ2n) is 10.5. The zero-order chi connectivity index (χ0) is 26.1. The van der Waals surface area contributed by atoms with Crippen LogP contribution in [0.3, 0.4) is 0 Å². The molecule has 0 N–H and O–H groups in total. The van der Waals surface area contributed by atoms with Crippen LogP contribution in [0.1, 0.15) is 30.9 Å². The molecular weight excluding hydrogens is 496 g/mol. The Labute approximate surface area is 230 Å². The van der Waals surface area contributed by atoms with E-state index in [0.29, 0.717) is 17.5 Å². The predicted molar refractivity (Wildman–Crippen MR) is 163 cm³/mol. The van der Waals surface area contributed by atoms with Crippen LogP contribution in [-0.2, 0) is 4.75 Å². The Hall–Kier alpha value is -4.48. The third-order valence-electron chi connectivity index (χ3n) is 7.59. The van der Waals surface area contributed by atoms with Crippen LogP contribution in [0, 0.1) is 0 Å². The van der Waals surface area contributed by atoms with Gasteiger partial charge in [-0.05, 0) is 42.8 Å². The fourth-order valence-electron chi connectivity index (χ4n) is 5.95. The number of thioether (sulfide) groups is 1. The molecule has 4 aromatic carbocycles. The maximum absolute atomic E-state index is 5.04. The van der Waals surface area contributed by atoms with Gasteiger partial charge in [-0.2, -0.15) is 0 Å². The SMILES string of the molecule is CC1(C)SC(c2nc(-c3ccccc3)nc(-c3ccccc3)n2)=Cc2c1c1cccc3cc4cccc4n2c31. The normalized spacial score (nSPS) is 14.7. The highest BCUT2D eigenvalue weighted by molar-refractivity contribution is 8.09. The fourth-order valence-corrected chi connectivity index (χ4v) is 7.16. The number of fused-ring (bicyclic) bond motifs is 5. The summed E-state index contributed by atoms with van der Waals surface area (Å²) in [5, 5.41) is 3.82. The zero-order valence-electron chi connectivity index (χ0n) is 21.6. The molecule has 1 aliphatic rings. The summed E-state index contributed by atoms with van der Waals surface area (Å²) in [7, 11) is 0. The average Bonchev–Trinajstić information content (AvgIpc) is 3.57. The van der Waals surface area contributed by atoms with Gasteiger partial charge in [-0.25, -0.2) is 15.0 Å². The highest BCUT2D eigenvalue weighted by Crippen LogP contribution is 2.53. The minimum Gasteiger partial charge on any atom is -0.308 e. The quantitative estimate of drug-likeness (QED) is 0.234. The van der Waals surface area contributed by atoms with Crippen molar-refractivity contribution < 1.29 is 0 Å². The van der Waals surface area contributed by atoms with Crippen LogP contribution in [0.4, 0.5) is 0 Å². The molecule has 0 saturated heterocycles. The van der Waals surface area contributed by atoms with Crippen molar-refractivity contribution in [1.82, 2.24) is 19.4 Å². The van der Waals surface area contributed by atoms with E-state index in [1.807, 2.05) is 48.2 Å². The number of hydrogen-bond donors (Lipinski definition) is 0. The topological polar surface area (TPSA) is 43.1 Å². The van der Waals surface area contributed by atoms with E-state index in [1.54, 1.807) is 0 Å². The summed E-state index contributed by atoms with van der Waals surface area (Å²) >= 11 is 1.83. The van der Waals surface area contributed by atoms with Crippen LogP contribution in [0.5, 0.6) is 0 Å². The van der Waals surface area contributed by atoms with Crippen molar-refractivity contribution in [3.05, 3.63) is 120 Å². The Balaban J connectivity index is 1.42. The van der Waals surface area contributed by atoms with Crippen LogP contribution in [0.15, 0.2) is 103 Å². The van der Waals surface area contributed by atoms with Gasteiger partial charge in [-0.15, -0.1) is 11.8 Å². The lowest BCUT2D eigenvalue weighted by atomic mass is 9.97. The third-order valence-corrected chi connectivity index (χ3v) is 8.82. The lowest BCUT2D eigenvalue weighted by Gasteiger charge is -2.30. The van der Waals surface area contributed by atoms with Gasteiger partial charge in [-0.3, -0.25) is 0 Å². The first-order valence-corrected chi connectivity index (χ1v) is 14.0. The molecule has 39 heavy (non-hydrogen) atoms. The van der Waals surface area contributed by atoms with Crippen LogP contribution in [-0.4, -0.2) is 19.4 Å². The van der Waals surface area contributed by atoms with Crippen molar-refractivity contribution in [2.45, 2.75) is 18.6 Å². The Kier molecular flexibility index (Phi) is 4.76. The smallest absolute Gasteiger partial charge is 0.170 e. The van der Waals surface area contributed by atoms with Crippen molar-refractivity contribution >= 4 is 49.9 Å². The summed E-state index contributed by atoms with van der Waals surface area (Å²) in [6.45, 7) is 4.62. The van der Waals surface area contributed by atoms with Gasteiger partial charge in [0.2, 0.25) is 0 Å². The Morgan fingerprint density at radius 2 is 1.26 bits per heavy atom. The Morgan fingerprint density at radius 1 is 0.641 bits per heavy atom. The van der Waals surface area contributed by atoms with Crippen molar-refractivity contribution in [3.8, 4) is 22.8 Å². The van der Waals surface area contributed by atoms with Gasteiger partial charge >= 0.3 is 0 Å². The van der Waals surface area contributed by atoms with Crippen molar-refractivity contribution in [2.24, 2.45) is 0 Å². The molecule has 0 spiro atoms. The van der Waals surface area contributed by atoms with Crippen molar-refractivity contribution in [1.29, 1.82) is 0 Å². The summed E-state index contributed by atoms with van der Waals surface area (Å²) in [5.41, 5.74) is 7.02. The fraction of sp³-hybridized carbons (Fsp3) is 0.0882. The predicted octanol–water partition coefficient (Wildman–Crippen LogP) is 8.68. The minimum absolute atomic E-state index is 0.189. The Bertz CT molecular complexity index is 2000. The number of aromatic nitrogens is 4. The lowest BCUT2D eigenvalue weighted by Crippen LogP contribution is -2.17. The third kappa shape index (κ3) is 3.43. The van der Waals surface area contributed by atoms with E-state index in [9.17, 15) is 0 Å². The number of benzene rings is 3. The van der Waals surface area contributed by atoms with Gasteiger partial charge < -0.3 is 4.40 Å². The molecule has 0 saturated carbocycles. The maximum atomic E-state index is 5.04. The van der Waals surface area contributed by atoms with E-state index < -0.39 is 0 Å². The molecule has 0 fully saturated rings. The van der Waals surface area contributed by atoms with Crippen molar-refractivity contribution in [2.75, 3.05) is 0 Å². The van der Waals surface area contributed by atoms with Gasteiger partial charge in [0.15, 0.2) is 17.5 Å². The Morgan fingerprint density at radius 3 is 1.95 bits per heavy atom. The highest BCUT2D eigenvalue weighted by atomic mass is 32.2. The summed E-state index contributed by atoms with van der Waals surface area (Å²) in [4.78, 5) is 16.0. The molecule has 5 heteroatoms. The first-order valence-electron chi connectivity index (χ1n) is 13.1. The minimum atomic E-state index is -0.189. The summed E-state index contributed by atoms with van der Waals surface area (Å²) in [6, 6.07) is 35.8. The van der Waals surface area contributed by atoms with E-state index in [1.165, 1.54) is 38.4 Å². The molecule has 0 atom stereocenters. The van der Waals surface area contributed by atoms with Crippen LogP contribution >= 0.6 is 11.8 Å². The summed E-state index contributed by atoms with van der Waals surface area (Å²) < 4.78 is 2.25. The first-order chi connectivity index (χ1) is 19.1. The molecule has 0 radical (unpaired) electrons. The molecule has 0 aliphatic carbocycles. The van der Waals surface area contributed by atoms with Crippen LogP contribution < -0.4 is 0 Å². The number of rotatable bonds is 3. The zero-order valence-corrected chi connectivity index (χ0v) is 22.4. The molecule has 4 heterocycles. The van der Waals surface area contributed by atoms with Gasteiger partial charge in [0.05, 0.1) is 21.6 Å². The summed E-state index contributed by atoms with van der Waals surface area (Å²) in [5.74, 6) is 2.07. The van der Waals surface area contributed by atoms with E-state index in [-0.39, 0.29) is 4.75 Å². The lowest BCUT2D eigenvalue weighted by molar-refractivity contribution is 0.788. The number of para-hydroxylation sites is 1. The molecule has 8 rings (SSSR count). The van der Waals surface area contributed by atoms with Gasteiger partial charge in [0.1, 0.15) is 0 Å². The molecule has 0 unspecified atom stereocenters. The highest BCUT2D eigenvalue weighted by Gasteiger charge is 2.36. The first kappa shape index (κ1) is 22.5. The number of pyridine rings is 1. The van der Waals surface area contributed by atoms with E-state index in [4.69, 9.17) is 15.0 Å². The van der Waals surface area contributed by atoms with Crippen molar-refractivity contribution in [3.63, 3.8) is 0 Å². The van der Waals surface area contributed by atoms with E-state index in [0.717, 1.165) is 16.0 Å². The average molecular weight is 521 g/mol. The van der Waals surface area contributed by atoms with Gasteiger partial charge in [-0.1, -0.05) is 91.0 Å². The van der Waals surface area contributed by atoms with Crippen LogP contribution in [0.2, 0.25) is 0 Å². The van der Waals surface area contributed by atoms with Gasteiger partial charge in [0, 0.05) is 26.8 Å². The maximum Gasteiger partial charge on any atom is 0.170 e. The molecule has 1 aliphatic heterocycles. The number of hydrogen-bond acceptors (Lipinski definition) is 4. The molecule has 3 aromatic heterocycles. The second kappa shape index (κ2) is 8.26. The molecule has 7 aromatic rings. The molecular formula is C34H24N4S. The standard InChI is InChI=1S/C34H24N4S/c1-34(2)29-25-17-9-16-24-19-23-15-10-18-26(23)38(30(24)25)27(29)20-28(39-34)33-36-31(21-11-5-3-6-12-21)35-32(37-33)22-13-7-4-8-14-22/h3-20H,1-2H3. The molecule has 186 valence electrons. The summed E-state index contributed by atoms with van der Waals surface area (Å²) in [6.07, 6.45) is 2.29. The molecule has 0 amide bonds. The monoisotopic (exact) mass is 520 g/mol. The van der Waals surface area contributed by atoms with Gasteiger partial charge in [0.25, 0.3) is 0 Å². The van der Waals surface area contributed by atoms with Crippen LogP contribution in [0.25, 0.3) is 60.9 Å². The van der Waals surface area contributed by atoms with E-state index in [2.05, 4.69) is 91.1 Å². The van der Waals surface area contributed by atoms with E-state index >= 15 is 0 Å². The largest absolute Gasteiger partial charge is 0.308 e. The number of nitrogens with zero attached hydrogens (tertiary/aromatic N) is 4. The second-order valence-corrected chi connectivity index (χ2v) is 12.2. The molecule has 4 nitrogen and oxygen atoms in total. The molecule has 0 bridgehead atoms.